The molecule has 124 heavy (non-hydrogen) atoms. The Kier molecular flexibility index (Phi) is 33.8. The summed E-state index contributed by atoms with van der Waals surface area (Å²) in [5, 5.41) is 49.6. The van der Waals surface area contributed by atoms with Gasteiger partial charge in [0.2, 0.25) is 31.9 Å². The van der Waals surface area contributed by atoms with Crippen LogP contribution in [0.5, 0.6) is 0 Å². The molecule has 0 saturated carbocycles. The molecule has 6 fully saturated rings. The summed E-state index contributed by atoms with van der Waals surface area (Å²) in [7, 11) is -7.24. The average Bonchev–Trinajstić information content (AvgIpc) is 1.67. The maximum absolute atomic E-state index is 13.8. The third-order valence-corrected chi connectivity index (χ3v) is 23.4. The number of hydrogen-bond donors (Lipinski definition) is 10. The van der Waals surface area contributed by atoms with Gasteiger partial charge in [-0.1, -0.05) is 46.4 Å². The standard InChI is InChI=1S/2C25H30ClN7O5S.C19H21Cl2N5O.C10H16N2O3.CH4S.2H2O/c2*1-14-11-33-22(28-24(14)31-12-17(23(27)35)21(34)13-31)10-19(29-33)20-5-3-4-8-32(20)25(36)16-9-15(26)6-7-18(16)30-39(2,37)38;1-11-10-24-17(25-18(11)21)9-15(23)16-4-2-3-7-26(16)19(27)13-8-12(20)5-6-14(13)22;1-10(2,3)15-9(14)12-5-7(4-11)8(13)6-12;1-2;;/h2*6-7,9-11,17,20-21,30,34H,3-5,8,12-13H2,1-2H3,(H2,27,35);5-6,8-10,16H,2-4,7,22-23H2,1H3;7-8,13H,5-6H2,1-3H3;2H,1H3;2*1H2/t17-,20+,21-;17-,20-,21-;16-;7-,8-;;;/m1000.../s1. The molecule has 6 saturated heterocycles. The Morgan fingerprint density at radius 1 is 0.581 bits per heavy atom. The van der Waals surface area contributed by atoms with E-state index in [0.29, 0.717) is 110 Å². The predicted octanol–water partition coefficient (Wildman–Crippen LogP) is 6.73. The van der Waals surface area contributed by atoms with E-state index in [9.17, 15) is 60.9 Å². The lowest BCUT2D eigenvalue weighted by molar-refractivity contribution is -0.124. The molecule has 44 heteroatoms. The van der Waals surface area contributed by atoms with Crippen LogP contribution in [0.1, 0.15) is 156 Å². The average molecular weight is 1850 g/mol. The number of ether oxygens (including phenoxy) is 1. The lowest BCUT2D eigenvalue weighted by Gasteiger charge is -2.36. The lowest BCUT2D eigenvalue weighted by atomic mass is 9.97. The number of thiol groups is 1. The summed E-state index contributed by atoms with van der Waals surface area (Å²) in [6.45, 7) is 13.9. The summed E-state index contributed by atoms with van der Waals surface area (Å²) in [5.41, 5.74) is 29.4. The van der Waals surface area contributed by atoms with E-state index in [0.717, 1.165) is 74.1 Å². The number of rotatable bonds is 15. The van der Waals surface area contributed by atoms with Gasteiger partial charge in [-0.25, -0.2) is 50.6 Å². The van der Waals surface area contributed by atoms with Gasteiger partial charge in [0.05, 0.1) is 119 Å². The molecule has 17 N–H and O–H groups in total. The number of likely N-dealkylation sites (tertiary alicyclic amines) is 4. The number of piperidine rings is 3. The normalized spacial score (nSPS) is 20.9. The minimum absolute atomic E-state index is 0. The van der Waals surface area contributed by atoms with Crippen LogP contribution in [0.25, 0.3) is 17.4 Å². The Hall–Kier alpha value is -10.2. The van der Waals surface area contributed by atoms with Gasteiger partial charge in [0.15, 0.2) is 17.1 Å². The summed E-state index contributed by atoms with van der Waals surface area (Å²) in [5.74, 6) is -2.14. The number of amides is 6. The highest BCUT2D eigenvalue weighted by Crippen LogP contribution is 2.39. The van der Waals surface area contributed by atoms with Crippen molar-refractivity contribution >= 4 is 161 Å². The molecule has 11 heterocycles. The Morgan fingerprint density at radius 2 is 1.01 bits per heavy atom. The number of nitriles is 1. The van der Waals surface area contributed by atoms with Crippen LogP contribution in [0.4, 0.5) is 33.5 Å². The number of β-amino-alcohol motifs (C(OH)–C–C–N with tert-alkyl or cyclic N) is 3. The fourth-order valence-corrected chi connectivity index (χ4v) is 17.1. The number of nitrogens with one attached hydrogen (secondary N) is 2. The predicted molar refractivity (Wildman–Crippen MR) is 476 cm³/mol. The third-order valence-electron chi connectivity index (χ3n) is 21.1. The maximum Gasteiger partial charge on any atom is 0.410 e. The van der Waals surface area contributed by atoms with Crippen LogP contribution in [0.2, 0.25) is 20.2 Å². The summed E-state index contributed by atoms with van der Waals surface area (Å²) < 4.78 is 60.9. The number of nitrogen functional groups attached to an aromatic ring is 1. The number of fused-ring (bicyclic) bond motifs is 2. The van der Waals surface area contributed by atoms with Crippen LogP contribution < -0.4 is 42.2 Å². The van der Waals surface area contributed by atoms with Crippen molar-refractivity contribution in [2.75, 3.05) is 103 Å². The van der Waals surface area contributed by atoms with Crippen LogP contribution in [-0.4, -0.2) is 245 Å². The summed E-state index contributed by atoms with van der Waals surface area (Å²) in [4.78, 5) is 104. The molecule has 0 radical (unpaired) electrons. The first-order valence-corrected chi connectivity index (χ1v) is 45.4. The Morgan fingerprint density at radius 3 is 1.42 bits per heavy atom. The highest BCUT2D eigenvalue weighted by Gasteiger charge is 2.41. The quantitative estimate of drug-likeness (QED) is 0.0289. The van der Waals surface area contributed by atoms with Crippen molar-refractivity contribution in [3.05, 3.63) is 162 Å². The van der Waals surface area contributed by atoms with Crippen molar-refractivity contribution in [2.45, 2.75) is 141 Å². The van der Waals surface area contributed by atoms with Crippen molar-refractivity contribution in [1.82, 2.24) is 58.8 Å². The molecular weight excluding hydrogens is 1750 g/mol. The number of halogens is 4. The first-order valence-electron chi connectivity index (χ1n) is 39.2. The van der Waals surface area contributed by atoms with Crippen molar-refractivity contribution in [3.63, 3.8) is 0 Å². The molecule has 8 aromatic rings. The zero-order valence-corrected chi connectivity index (χ0v) is 75.3. The summed E-state index contributed by atoms with van der Waals surface area (Å²) in [6.07, 6.45) is 15.1. The number of aliphatic hydroxyl groups is 3. The number of aryl methyl sites for hydroxylation is 3. The minimum Gasteiger partial charge on any atom is -0.444 e. The zero-order valence-electron chi connectivity index (χ0n) is 69.7. The molecule has 6 aliphatic rings. The van der Waals surface area contributed by atoms with Gasteiger partial charge < -0.3 is 83.3 Å². The molecule has 6 aliphatic heterocycles. The van der Waals surface area contributed by atoms with E-state index in [4.69, 9.17) is 99.5 Å². The van der Waals surface area contributed by atoms with Gasteiger partial charge >= 0.3 is 6.09 Å². The second-order valence-corrected chi connectivity index (χ2v) is 36.8. The molecule has 672 valence electrons. The van der Waals surface area contributed by atoms with E-state index in [2.05, 4.69) is 32.0 Å². The van der Waals surface area contributed by atoms with Crippen molar-refractivity contribution < 1.29 is 76.6 Å². The van der Waals surface area contributed by atoms with E-state index in [1.807, 2.05) is 61.2 Å². The number of hydrogen-bond acceptors (Lipinski definition) is 26. The number of primary amides is 2. The zero-order chi connectivity index (χ0) is 89.3. The topological polar surface area (TPSA) is 561 Å². The molecular formula is C80H105Cl4N21O16S3. The van der Waals surface area contributed by atoms with Gasteiger partial charge in [-0.15, -0.1) is 0 Å². The molecule has 9 atom stereocenters. The first kappa shape index (κ1) is 99.3. The van der Waals surface area contributed by atoms with Crippen LogP contribution in [0.15, 0.2) is 91.0 Å². The number of anilines is 5. The number of aliphatic hydroxyl groups excluding tert-OH is 3. The van der Waals surface area contributed by atoms with E-state index >= 15 is 0 Å². The van der Waals surface area contributed by atoms with Gasteiger partial charge in [-0.2, -0.15) is 28.1 Å². The maximum atomic E-state index is 13.8. The molecule has 14 rings (SSSR count). The molecule has 0 unspecified atom stereocenters. The Labute approximate surface area is 743 Å². The summed E-state index contributed by atoms with van der Waals surface area (Å²) in [6, 6.07) is 18.5. The van der Waals surface area contributed by atoms with Crippen LogP contribution in [0.3, 0.4) is 0 Å². The highest BCUT2D eigenvalue weighted by atomic mass is 35.5. The van der Waals surface area contributed by atoms with E-state index in [1.54, 1.807) is 81.2 Å². The fourth-order valence-electron chi connectivity index (χ4n) is 15.2. The second kappa shape index (κ2) is 42.2. The van der Waals surface area contributed by atoms with E-state index in [1.165, 1.54) is 41.3 Å². The number of carbonyl (C=O) groups is 6. The van der Waals surface area contributed by atoms with Gasteiger partial charge in [0.1, 0.15) is 22.4 Å². The minimum atomic E-state index is -3.62. The van der Waals surface area contributed by atoms with Gasteiger partial charge in [0, 0.05) is 132 Å². The molecule has 5 aromatic heterocycles. The van der Waals surface area contributed by atoms with E-state index < -0.39 is 79.6 Å². The van der Waals surface area contributed by atoms with Crippen LogP contribution in [0, 0.1) is 49.9 Å². The van der Waals surface area contributed by atoms with Gasteiger partial charge in [0.25, 0.3) is 17.7 Å². The number of aromatic nitrogens is 8. The Balaban J connectivity index is 0.000000212. The SMILES string of the molecule is CC(C)(C)OC(=O)N1C[C@H](O)[C@@H](C#N)C1.CS.Cc1cn2nc([C@@H]3CCCCN3C(=O)c3cc(Cl)ccc3NS(C)(=O)=O)cc2nc1N1C[C@@H](O)[C@H](C(N)=O)C1.Cc1cn2nc([C@@H]3CCCCN3C(=O)c3cc(Cl)ccc3NS(C)(=O)=O)cc2nc1N1C[C@H](C(N)=O)[C@@H](O)C1.Cc1cnc(C=C(N)[C@@H]2CCCCN2C(=O)c2cc(Cl)ccc2N)nc1Cl.O.O. The number of nitrogens with two attached hydrogens (primary N) is 4. The highest BCUT2D eigenvalue weighted by molar-refractivity contribution is 7.92. The largest absolute Gasteiger partial charge is 0.444 e. The van der Waals surface area contributed by atoms with Gasteiger partial charge in [-0.05, 0) is 160 Å². The number of carbonyl (C=O) groups excluding carboxylic acids is 6. The fraction of sp³-hybridized carbons (Fsp3) is 0.463. The van der Waals surface area contributed by atoms with Crippen LogP contribution in [-0.2, 0) is 34.4 Å². The van der Waals surface area contributed by atoms with E-state index in [-0.39, 0.29) is 109 Å². The smallest absolute Gasteiger partial charge is 0.410 e. The molecule has 0 bridgehead atoms. The monoisotopic (exact) mass is 1850 g/mol. The van der Waals surface area contributed by atoms with Crippen LogP contribution >= 0.6 is 59.0 Å². The lowest BCUT2D eigenvalue weighted by Crippen LogP contribution is -2.46. The second-order valence-electron chi connectivity index (χ2n) is 31.6. The number of sulfonamides is 2. The number of benzene rings is 3. The van der Waals surface area contributed by atoms with Crippen molar-refractivity contribution in [2.24, 2.45) is 35.0 Å². The number of nitrogens with zero attached hydrogens (tertiary/aromatic N) is 15. The molecule has 3 aromatic carbocycles. The summed E-state index contributed by atoms with van der Waals surface area (Å²) >= 11 is 28.0. The first-order chi connectivity index (χ1) is 57.5. The molecule has 6 amide bonds. The Bertz CT molecular complexity index is 5340. The molecule has 0 aliphatic carbocycles. The third kappa shape index (κ3) is 24.7. The van der Waals surface area contributed by atoms with Crippen molar-refractivity contribution in [3.8, 4) is 6.07 Å². The molecule has 37 nitrogen and oxygen atoms in total. The molecule has 0 spiro atoms. The van der Waals surface area contributed by atoms with Crippen molar-refractivity contribution in [1.29, 1.82) is 5.26 Å². The van der Waals surface area contributed by atoms with Gasteiger partial charge in [-0.3, -0.25) is 33.4 Å².